The Balaban J connectivity index is 0.00000312. The normalized spacial score (nSPS) is 17.7. The van der Waals surface area contributed by atoms with Gasteiger partial charge < -0.3 is 15.5 Å². The molecule has 25 heavy (non-hydrogen) atoms. The fraction of sp³-hybridized carbons (Fsp3) is 0.632. The average molecular weight is 459 g/mol. The van der Waals surface area contributed by atoms with Gasteiger partial charge in [0.2, 0.25) is 0 Å². The van der Waals surface area contributed by atoms with Gasteiger partial charge >= 0.3 is 0 Å². The summed E-state index contributed by atoms with van der Waals surface area (Å²) in [7, 11) is 1.83. The molecule has 0 spiro atoms. The number of nitrogens with zero attached hydrogens (tertiary/aromatic N) is 3. The van der Waals surface area contributed by atoms with Gasteiger partial charge in [0.25, 0.3) is 0 Å². The summed E-state index contributed by atoms with van der Waals surface area (Å²) in [6.07, 6.45) is 0. The van der Waals surface area contributed by atoms with Gasteiger partial charge in [0.05, 0.1) is 0 Å². The highest BCUT2D eigenvalue weighted by molar-refractivity contribution is 14.0. The lowest BCUT2D eigenvalue weighted by atomic mass is 10.1. The van der Waals surface area contributed by atoms with Crippen LogP contribution in [0.1, 0.15) is 25.0 Å². The maximum Gasteiger partial charge on any atom is 0.191 e. The minimum Gasteiger partial charge on any atom is -0.355 e. The molecule has 0 aliphatic carbocycles. The molecule has 1 aromatic carbocycles. The summed E-state index contributed by atoms with van der Waals surface area (Å²) in [4.78, 5) is 9.41. The molecule has 0 bridgehead atoms. The number of halogens is 1. The molecule has 1 aromatic rings. The third-order valence-electron chi connectivity index (χ3n) is 4.85. The zero-order valence-electron chi connectivity index (χ0n) is 16.1. The van der Waals surface area contributed by atoms with Crippen molar-refractivity contribution in [1.82, 2.24) is 20.4 Å². The van der Waals surface area contributed by atoms with Gasteiger partial charge in [-0.15, -0.1) is 24.0 Å². The number of hydrogen-bond acceptors (Lipinski definition) is 3. The van der Waals surface area contributed by atoms with Crippen molar-refractivity contribution in [2.24, 2.45) is 4.99 Å². The molecule has 2 rings (SSSR count). The molecule has 1 atom stereocenters. The zero-order valence-corrected chi connectivity index (χ0v) is 18.4. The smallest absolute Gasteiger partial charge is 0.191 e. The van der Waals surface area contributed by atoms with E-state index in [1.165, 1.54) is 24.2 Å². The SMILES string of the molecule is CCN1CCN(C(C)CNC(=NC)NCc2ccc(C)cc2)CC1.I. The highest BCUT2D eigenvalue weighted by Gasteiger charge is 2.20. The van der Waals surface area contributed by atoms with Crippen LogP contribution in [0.5, 0.6) is 0 Å². The van der Waals surface area contributed by atoms with Crippen LogP contribution in [-0.4, -0.2) is 68.1 Å². The van der Waals surface area contributed by atoms with Crippen molar-refractivity contribution in [1.29, 1.82) is 0 Å². The van der Waals surface area contributed by atoms with Crippen LogP contribution in [0, 0.1) is 6.92 Å². The van der Waals surface area contributed by atoms with Gasteiger partial charge in [-0.25, -0.2) is 0 Å². The van der Waals surface area contributed by atoms with Crippen molar-refractivity contribution < 1.29 is 0 Å². The summed E-state index contributed by atoms with van der Waals surface area (Å²) < 4.78 is 0. The lowest BCUT2D eigenvalue weighted by Crippen LogP contribution is -2.53. The first-order valence-electron chi connectivity index (χ1n) is 9.08. The maximum atomic E-state index is 4.33. The summed E-state index contributed by atoms with van der Waals surface area (Å²) in [5, 5.41) is 6.85. The molecule has 2 N–H and O–H groups in total. The van der Waals surface area contributed by atoms with Gasteiger partial charge in [0.15, 0.2) is 5.96 Å². The third kappa shape index (κ3) is 7.50. The monoisotopic (exact) mass is 459 g/mol. The first-order valence-corrected chi connectivity index (χ1v) is 9.08. The Labute approximate surface area is 170 Å². The molecule has 6 heteroatoms. The summed E-state index contributed by atoms with van der Waals surface area (Å²) in [6, 6.07) is 9.12. The summed E-state index contributed by atoms with van der Waals surface area (Å²) in [6.45, 7) is 14.2. The minimum absolute atomic E-state index is 0. The highest BCUT2D eigenvalue weighted by atomic mass is 127. The van der Waals surface area contributed by atoms with Gasteiger partial charge in [-0.2, -0.15) is 0 Å². The molecule has 1 aliphatic rings. The maximum absolute atomic E-state index is 4.33. The Hall–Kier alpha value is -0.860. The Morgan fingerprint density at radius 2 is 1.76 bits per heavy atom. The van der Waals surface area contributed by atoms with Crippen molar-refractivity contribution in [3.63, 3.8) is 0 Å². The van der Waals surface area contributed by atoms with E-state index in [-0.39, 0.29) is 24.0 Å². The van der Waals surface area contributed by atoms with Gasteiger partial charge in [-0.3, -0.25) is 9.89 Å². The van der Waals surface area contributed by atoms with Crippen LogP contribution in [-0.2, 0) is 6.54 Å². The van der Waals surface area contributed by atoms with E-state index in [9.17, 15) is 0 Å². The van der Waals surface area contributed by atoms with Crippen LogP contribution in [0.25, 0.3) is 0 Å². The van der Waals surface area contributed by atoms with E-state index < -0.39 is 0 Å². The van der Waals surface area contributed by atoms with E-state index in [2.05, 4.69) is 70.5 Å². The quantitative estimate of drug-likeness (QED) is 0.390. The fourth-order valence-corrected chi connectivity index (χ4v) is 3.01. The molecule has 0 saturated carbocycles. The Bertz CT molecular complexity index is 509. The lowest BCUT2D eigenvalue weighted by molar-refractivity contribution is 0.107. The number of rotatable bonds is 6. The molecule has 5 nitrogen and oxygen atoms in total. The molecular weight excluding hydrogens is 425 g/mol. The standard InChI is InChI=1S/C19H33N5.HI/c1-5-23-10-12-24(13-11-23)17(3)14-21-19(20-4)22-15-18-8-6-16(2)7-9-18;/h6-9,17H,5,10-15H2,1-4H3,(H2,20,21,22);1H. The van der Waals surface area contributed by atoms with Crippen molar-refractivity contribution in [3.05, 3.63) is 35.4 Å². The minimum atomic E-state index is 0. The second kappa shape index (κ2) is 11.7. The number of nitrogens with one attached hydrogen (secondary N) is 2. The van der Waals surface area contributed by atoms with E-state index in [4.69, 9.17) is 0 Å². The summed E-state index contributed by atoms with van der Waals surface area (Å²) >= 11 is 0. The van der Waals surface area contributed by atoms with Gasteiger partial charge in [0.1, 0.15) is 0 Å². The molecule has 1 fully saturated rings. The van der Waals surface area contributed by atoms with Gasteiger partial charge in [-0.05, 0) is 26.0 Å². The Kier molecular flexibility index (Phi) is 10.4. The Morgan fingerprint density at radius 1 is 1.12 bits per heavy atom. The van der Waals surface area contributed by atoms with E-state index in [1.807, 2.05) is 7.05 Å². The summed E-state index contributed by atoms with van der Waals surface area (Å²) in [5.41, 5.74) is 2.56. The number of guanidine groups is 1. The summed E-state index contributed by atoms with van der Waals surface area (Å²) in [5.74, 6) is 0.870. The van der Waals surface area contributed by atoms with Crippen LogP contribution in [0.2, 0.25) is 0 Å². The molecular formula is C19H34IN5. The fourth-order valence-electron chi connectivity index (χ4n) is 3.01. The van der Waals surface area contributed by atoms with Crippen molar-refractivity contribution in [3.8, 4) is 0 Å². The molecule has 142 valence electrons. The van der Waals surface area contributed by atoms with Crippen LogP contribution in [0.3, 0.4) is 0 Å². The van der Waals surface area contributed by atoms with Crippen molar-refractivity contribution in [2.75, 3.05) is 46.3 Å². The first kappa shape index (κ1) is 22.2. The second-order valence-electron chi connectivity index (χ2n) is 6.61. The topological polar surface area (TPSA) is 42.9 Å². The first-order chi connectivity index (χ1) is 11.6. The van der Waals surface area contributed by atoms with Crippen LogP contribution in [0.15, 0.2) is 29.3 Å². The molecule has 0 radical (unpaired) electrons. The van der Waals surface area contributed by atoms with E-state index in [0.717, 1.165) is 38.7 Å². The average Bonchev–Trinajstić information content (AvgIpc) is 2.63. The van der Waals surface area contributed by atoms with Gasteiger partial charge in [-0.1, -0.05) is 36.8 Å². The van der Waals surface area contributed by atoms with Crippen LogP contribution >= 0.6 is 24.0 Å². The largest absolute Gasteiger partial charge is 0.355 e. The van der Waals surface area contributed by atoms with E-state index >= 15 is 0 Å². The molecule has 0 aromatic heterocycles. The molecule has 1 saturated heterocycles. The van der Waals surface area contributed by atoms with E-state index in [0.29, 0.717) is 6.04 Å². The molecule has 1 aliphatic heterocycles. The number of piperazine rings is 1. The predicted molar refractivity (Wildman–Crippen MR) is 118 cm³/mol. The number of hydrogen-bond donors (Lipinski definition) is 2. The Morgan fingerprint density at radius 3 is 2.32 bits per heavy atom. The van der Waals surface area contributed by atoms with Gasteiger partial charge in [0, 0.05) is 52.4 Å². The molecule has 1 unspecified atom stereocenters. The number of benzene rings is 1. The van der Waals surface area contributed by atoms with Crippen LogP contribution < -0.4 is 10.6 Å². The lowest BCUT2D eigenvalue weighted by Gasteiger charge is -2.37. The number of likely N-dealkylation sites (N-methyl/N-ethyl adjacent to an activating group) is 1. The number of aryl methyl sites for hydroxylation is 1. The van der Waals surface area contributed by atoms with Crippen molar-refractivity contribution >= 4 is 29.9 Å². The highest BCUT2D eigenvalue weighted by Crippen LogP contribution is 2.05. The molecule has 1 heterocycles. The van der Waals surface area contributed by atoms with Crippen LogP contribution in [0.4, 0.5) is 0 Å². The zero-order chi connectivity index (χ0) is 17.4. The third-order valence-corrected chi connectivity index (χ3v) is 4.85. The van der Waals surface area contributed by atoms with Crippen molar-refractivity contribution in [2.45, 2.75) is 33.4 Å². The second-order valence-corrected chi connectivity index (χ2v) is 6.61. The van der Waals surface area contributed by atoms with E-state index in [1.54, 1.807) is 0 Å². The molecule has 0 amide bonds. The number of aliphatic imine (C=N–C) groups is 1. The predicted octanol–water partition coefficient (Wildman–Crippen LogP) is 2.30.